The van der Waals surface area contributed by atoms with Gasteiger partial charge in [-0.15, -0.1) is 0 Å². The number of methoxy groups -OCH3 is 1. The number of piperidine rings is 1. The average Bonchev–Trinajstić information content (AvgIpc) is 2.43. The lowest BCUT2D eigenvalue weighted by Gasteiger charge is -2.35. The van der Waals surface area contributed by atoms with E-state index in [1.54, 1.807) is 25.3 Å². The number of carbonyl (C=O) groups excluding carboxylic acids is 1. The van der Waals surface area contributed by atoms with Gasteiger partial charge in [0.15, 0.2) is 0 Å². The minimum absolute atomic E-state index is 0.00496. The number of hydrogen-bond acceptors (Lipinski definition) is 4. The fourth-order valence-electron chi connectivity index (χ4n) is 2.66. The Morgan fingerprint density at radius 1 is 1.45 bits per heavy atom. The quantitative estimate of drug-likeness (QED) is 0.733. The van der Waals surface area contributed by atoms with Gasteiger partial charge in [0.2, 0.25) is 5.91 Å². The molecular weight excluding hydrogens is 256 g/mol. The maximum atomic E-state index is 12.6. The van der Waals surface area contributed by atoms with Crippen LogP contribution in [0.1, 0.15) is 18.4 Å². The summed E-state index contributed by atoms with van der Waals surface area (Å²) in [7, 11) is 1.63. The summed E-state index contributed by atoms with van der Waals surface area (Å²) < 4.78 is 5.26. The molecule has 0 aromatic heterocycles. The van der Waals surface area contributed by atoms with Crippen LogP contribution in [0.4, 0.5) is 5.69 Å². The molecule has 1 saturated heterocycles. The van der Waals surface area contributed by atoms with Gasteiger partial charge >= 0.3 is 0 Å². The zero-order valence-corrected chi connectivity index (χ0v) is 12.0. The first-order chi connectivity index (χ1) is 9.57. The highest BCUT2D eigenvalue weighted by atomic mass is 16.5. The predicted molar refractivity (Wildman–Crippen MR) is 77.9 cm³/mol. The highest BCUT2D eigenvalue weighted by Crippen LogP contribution is 2.31. The first kappa shape index (κ1) is 14.8. The number of phenolic OH excluding ortho intramolecular Hbond substituents is 1. The number of benzene rings is 1. The van der Waals surface area contributed by atoms with Crippen molar-refractivity contribution in [1.29, 1.82) is 0 Å². The van der Waals surface area contributed by atoms with Gasteiger partial charge in [0, 0.05) is 12.8 Å². The Bertz CT molecular complexity index is 476. The molecular formula is C15H22N2O3. The lowest BCUT2D eigenvalue weighted by atomic mass is 9.78. The number of nitrogens with one attached hydrogen (secondary N) is 2. The number of phenols is 1. The molecule has 1 aromatic rings. The smallest absolute Gasteiger partial charge is 0.233 e. The Kier molecular flexibility index (Phi) is 4.62. The molecule has 5 heteroatoms. The van der Waals surface area contributed by atoms with E-state index >= 15 is 0 Å². The van der Waals surface area contributed by atoms with Gasteiger partial charge in [0.1, 0.15) is 5.75 Å². The van der Waals surface area contributed by atoms with E-state index in [0.717, 1.165) is 37.2 Å². The second kappa shape index (κ2) is 6.24. The number of carbonyl (C=O) groups is 1. The highest BCUT2D eigenvalue weighted by Gasteiger charge is 2.39. The van der Waals surface area contributed by atoms with Crippen LogP contribution in [-0.2, 0) is 9.53 Å². The number of hydrogen-bond donors (Lipinski definition) is 3. The molecule has 0 radical (unpaired) electrons. The molecule has 2 rings (SSSR count). The van der Waals surface area contributed by atoms with Crippen molar-refractivity contribution in [2.24, 2.45) is 5.41 Å². The van der Waals surface area contributed by atoms with Gasteiger partial charge in [0.05, 0.1) is 12.0 Å². The van der Waals surface area contributed by atoms with Gasteiger partial charge < -0.3 is 20.5 Å². The molecule has 0 atom stereocenters. The Balaban J connectivity index is 2.15. The third-order valence-corrected chi connectivity index (χ3v) is 3.92. The van der Waals surface area contributed by atoms with Gasteiger partial charge in [0.25, 0.3) is 0 Å². The van der Waals surface area contributed by atoms with Crippen molar-refractivity contribution < 1.29 is 14.6 Å². The summed E-state index contributed by atoms with van der Waals surface area (Å²) in [5.41, 5.74) is 1.12. The lowest BCUT2D eigenvalue weighted by molar-refractivity contribution is -0.130. The number of aromatic hydroxyl groups is 1. The van der Waals surface area contributed by atoms with Gasteiger partial charge in [-0.05, 0) is 56.6 Å². The van der Waals surface area contributed by atoms with Crippen molar-refractivity contribution in [3.8, 4) is 5.75 Å². The Morgan fingerprint density at radius 2 is 2.15 bits per heavy atom. The third kappa shape index (κ3) is 3.11. The van der Waals surface area contributed by atoms with E-state index in [4.69, 9.17) is 4.74 Å². The molecule has 1 aliphatic rings. The van der Waals surface area contributed by atoms with Crippen molar-refractivity contribution in [2.75, 3.05) is 32.1 Å². The first-order valence-electron chi connectivity index (χ1n) is 6.88. The molecule has 0 bridgehead atoms. The van der Waals surface area contributed by atoms with Gasteiger partial charge in [-0.1, -0.05) is 0 Å². The summed E-state index contributed by atoms with van der Waals surface area (Å²) in [6.07, 6.45) is 1.54. The van der Waals surface area contributed by atoms with E-state index in [9.17, 15) is 9.90 Å². The number of amides is 1. The second-order valence-electron chi connectivity index (χ2n) is 5.42. The molecule has 0 saturated carbocycles. The normalized spacial score (nSPS) is 17.7. The van der Waals surface area contributed by atoms with Crippen LogP contribution in [0.15, 0.2) is 18.2 Å². The topological polar surface area (TPSA) is 70.6 Å². The lowest BCUT2D eigenvalue weighted by Crippen LogP contribution is -2.47. The maximum absolute atomic E-state index is 12.6. The zero-order chi connectivity index (χ0) is 14.6. The number of rotatable bonds is 4. The molecule has 20 heavy (non-hydrogen) atoms. The summed E-state index contributed by atoms with van der Waals surface area (Å²) in [6.45, 7) is 3.94. The van der Waals surface area contributed by atoms with E-state index < -0.39 is 5.41 Å². The van der Waals surface area contributed by atoms with Crippen molar-refractivity contribution in [3.63, 3.8) is 0 Å². The molecule has 1 fully saturated rings. The number of ether oxygens (including phenoxy) is 1. The fourth-order valence-corrected chi connectivity index (χ4v) is 2.66. The largest absolute Gasteiger partial charge is 0.508 e. The van der Waals surface area contributed by atoms with Crippen LogP contribution in [0.5, 0.6) is 5.75 Å². The summed E-state index contributed by atoms with van der Waals surface area (Å²) in [6, 6.07) is 4.94. The van der Waals surface area contributed by atoms with Crippen molar-refractivity contribution in [1.82, 2.24) is 5.32 Å². The van der Waals surface area contributed by atoms with E-state index in [1.165, 1.54) is 0 Å². The predicted octanol–water partition coefficient (Wildman–Crippen LogP) is 1.66. The SMILES string of the molecule is COCC1(C(=O)Nc2ccc(O)cc2C)CCNCC1. The fraction of sp³-hybridized carbons (Fsp3) is 0.533. The molecule has 3 N–H and O–H groups in total. The number of aryl methyl sites for hydroxylation is 1. The standard InChI is InChI=1S/C15H22N2O3/c1-11-9-12(18)3-4-13(11)17-14(19)15(10-20-2)5-7-16-8-6-15/h3-4,9,16,18H,5-8,10H2,1-2H3,(H,17,19). The Hall–Kier alpha value is -1.59. The highest BCUT2D eigenvalue weighted by molar-refractivity contribution is 5.96. The molecule has 5 nitrogen and oxygen atoms in total. The minimum atomic E-state index is -0.468. The van der Waals surface area contributed by atoms with Crippen LogP contribution >= 0.6 is 0 Å². The van der Waals surface area contributed by atoms with Gasteiger partial charge in [-0.2, -0.15) is 0 Å². The molecule has 1 heterocycles. The molecule has 1 amide bonds. The molecule has 0 aliphatic carbocycles. The Labute approximate surface area is 119 Å². The van der Waals surface area contributed by atoms with Crippen molar-refractivity contribution in [3.05, 3.63) is 23.8 Å². The summed E-state index contributed by atoms with van der Waals surface area (Å²) in [5, 5.41) is 15.7. The molecule has 0 unspecified atom stereocenters. The second-order valence-corrected chi connectivity index (χ2v) is 5.42. The van der Waals surface area contributed by atoms with E-state index in [2.05, 4.69) is 10.6 Å². The molecule has 1 aliphatic heterocycles. The molecule has 0 spiro atoms. The molecule has 1 aromatic carbocycles. The minimum Gasteiger partial charge on any atom is -0.508 e. The maximum Gasteiger partial charge on any atom is 0.233 e. The monoisotopic (exact) mass is 278 g/mol. The van der Waals surface area contributed by atoms with E-state index in [1.807, 2.05) is 6.92 Å². The van der Waals surface area contributed by atoms with Crippen molar-refractivity contribution >= 4 is 11.6 Å². The zero-order valence-electron chi connectivity index (χ0n) is 12.0. The average molecular weight is 278 g/mol. The van der Waals surface area contributed by atoms with Gasteiger partial charge in [-0.25, -0.2) is 0 Å². The summed E-state index contributed by atoms with van der Waals surface area (Å²) in [4.78, 5) is 12.6. The van der Waals surface area contributed by atoms with E-state index in [0.29, 0.717) is 6.61 Å². The van der Waals surface area contributed by atoms with Crippen LogP contribution in [0, 0.1) is 12.3 Å². The van der Waals surface area contributed by atoms with Crippen LogP contribution < -0.4 is 10.6 Å². The van der Waals surface area contributed by atoms with Gasteiger partial charge in [-0.3, -0.25) is 4.79 Å². The van der Waals surface area contributed by atoms with Crippen LogP contribution in [0.3, 0.4) is 0 Å². The van der Waals surface area contributed by atoms with Crippen molar-refractivity contribution in [2.45, 2.75) is 19.8 Å². The Morgan fingerprint density at radius 3 is 2.75 bits per heavy atom. The first-order valence-corrected chi connectivity index (χ1v) is 6.88. The summed E-state index contributed by atoms with van der Waals surface area (Å²) in [5.74, 6) is 0.198. The van der Waals surface area contributed by atoms with Crippen LogP contribution in [0.25, 0.3) is 0 Å². The van der Waals surface area contributed by atoms with Crippen LogP contribution in [0.2, 0.25) is 0 Å². The summed E-state index contributed by atoms with van der Waals surface area (Å²) >= 11 is 0. The third-order valence-electron chi connectivity index (χ3n) is 3.92. The van der Waals surface area contributed by atoms with Crippen LogP contribution in [-0.4, -0.2) is 37.8 Å². The molecule has 110 valence electrons. The van der Waals surface area contributed by atoms with E-state index in [-0.39, 0.29) is 11.7 Å². The number of anilines is 1.